The Labute approximate surface area is 220 Å². The molecule has 5 rings (SSSR count). The van der Waals surface area contributed by atoms with Crippen molar-refractivity contribution in [3.63, 3.8) is 0 Å². The van der Waals surface area contributed by atoms with Gasteiger partial charge in [0, 0.05) is 12.3 Å². The van der Waals surface area contributed by atoms with Crippen LogP contribution in [0.25, 0.3) is 0 Å². The number of carbonyl (C=O) groups is 2. The first kappa shape index (κ1) is 26.5. The van der Waals surface area contributed by atoms with Crippen LogP contribution in [-0.2, 0) is 14.3 Å². The quantitative estimate of drug-likeness (QED) is 0.223. The maximum absolute atomic E-state index is 13.8. The highest BCUT2D eigenvalue weighted by atomic mass is 16.5. The van der Waals surface area contributed by atoms with E-state index in [9.17, 15) is 9.59 Å². The van der Waals surface area contributed by atoms with Gasteiger partial charge in [0.1, 0.15) is 5.78 Å². The smallest absolute Gasteiger partial charge is 0.312 e. The molecule has 0 N–H and O–H groups in total. The van der Waals surface area contributed by atoms with Crippen molar-refractivity contribution < 1.29 is 14.3 Å². The van der Waals surface area contributed by atoms with Crippen LogP contribution in [0.5, 0.6) is 0 Å². The number of esters is 1. The van der Waals surface area contributed by atoms with E-state index in [1.54, 1.807) is 5.57 Å². The van der Waals surface area contributed by atoms with Crippen LogP contribution in [0, 0.1) is 50.7 Å². The van der Waals surface area contributed by atoms with Crippen molar-refractivity contribution >= 4 is 11.8 Å². The third kappa shape index (κ3) is 3.56. The van der Waals surface area contributed by atoms with E-state index in [0.29, 0.717) is 30.1 Å². The van der Waals surface area contributed by atoms with Crippen LogP contribution in [0.2, 0.25) is 0 Å². The zero-order valence-electron chi connectivity index (χ0n) is 24.3. The molecular formula is C33H52O3. The molecule has 0 aromatic rings. The fourth-order valence-electron chi connectivity index (χ4n) is 10.5. The number of Topliss-reactive ketones (excluding diaryl/α,β-unsaturated/α-hetero) is 1. The summed E-state index contributed by atoms with van der Waals surface area (Å²) in [6.07, 6.45) is 15.2. The molecule has 0 spiro atoms. The Balaban J connectivity index is 1.54. The third-order valence-electron chi connectivity index (χ3n) is 13.1. The lowest BCUT2D eigenvalue weighted by atomic mass is 9.34. The van der Waals surface area contributed by atoms with Crippen molar-refractivity contribution in [1.82, 2.24) is 0 Å². The van der Waals surface area contributed by atoms with Gasteiger partial charge < -0.3 is 4.74 Å². The second-order valence-electron chi connectivity index (χ2n) is 15.2. The second kappa shape index (κ2) is 8.70. The van der Waals surface area contributed by atoms with Gasteiger partial charge in [0.05, 0.1) is 12.0 Å². The zero-order chi connectivity index (χ0) is 26.1. The molecule has 5 aliphatic rings. The lowest BCUT2D eigenvalue weighted by Crippen LogP contribution is -2.63. The molecule has 1 unspecified atom stereocenters. The van der Waals surface area contributed by atoms with Gasteiger partial charge in [0.25, 0.3) is 0 Å². The Kier molecular flexibility index (Phi) is 6.40. The molecule has 3 heteroatoms. The average molecular weight is 497 g/mol. The molecule has 8 atom stereocenters. The number of rotatable bonds is 4. The number of fused-ring (bicyclic) bond motifs is 7. The van der Waals surface area contributed by atoms with E-state index in [4.69, 9.17) is 4.74 Å². The maximum Gasteiger partial charge on any atom is 0.312 e. The number of unbranched alkanes of at least 4 members (excludes halogenated alkanes) is 1. The topological polar surface area (TPSA) is 43.4 Å². The van der Waals surface area contributed by atoms with Crippen LogP contribution >= 0.6 is 0 Å². The first-order chi connectivity index (χ1) is 16.8. The van der Waals surface area contributed by atoms with E-state index in [1.165, 1.54) is 12.8 Å². The fraction of sp³-hybridized carbons (Fsp3) is 0.879. The van der Waals surface area contributed by atoms with Crippen molar-refractivity contribution in [2.24, 2.45) is 50.7 Å². The van der Waals surface area contributed by atoms with Crippen LogP contribution in [0.4, 0.5) is 0 Å². The maximum atomic E-state index is 13.8. The number of allylic oxidation sites excluding steroid dienone is 2. The minimum Gasteiger partial charge on any atom is -0.465 e. The summed E-state index contributed by atoms with van der Waals surface area (Å²) in [7, 11) is 0. The highest BCUT2D eigenvalue weighted by Gasteiger charge is 2.68. The number of carbonyl (C=O) groups excluding carboxylic acids is 2. The molecule has 0 amide bonds. The predicted molar refractivity (Wildman–Crippen MR) is 145 cm³/mol. The largest absolute Gasteiger partial charge is 0.465 e. The number of hydrogen-bond acceptors (Lipinski definition) is 3. The summed E-state index contributed by atoms with van der Waals surface area (Å²) < 4.78 is 6.01. The molecule has 4 saturated carbocycles. The van der Waals surface area contributed by atoms with Crippen LogP contribution in [-0.4, -0.2) is 18.4 Å². The van der Waals surface area contributed by atoms with Gasteiger partial charge in [-0.25, -0.2) is 0 Å². The van der Waals surface area contributed by atoms with Crippen LogP contribution < -0.4 is 0 Å². The van der Waals surface area contributed by atoms with E-state index < -0.39 is 0 Å². The van der Waals surface area contributed by atoms with Crippen LogP contribution in [0.15, 0.2) is 11.6 Å². The Bertz CT molecular complexity index is 947. The summed E-state index contributed by atoms with van der Waals surface area (Å²) in [6, 6.07) is 0. The predicted octanol–water partition coefficient (Wildman–Crippen LogP) is 8.31. The molecule has 0 aromatic carbocycles. The Morgan fingerprint density at radius 3 is 2.47 bits per heavy atom. The van der Waals surface area contributed by atoms with E-state index >= 15 is 0 Å². The summed E-state index contributed by atoms with van der Waals surface area (Å²) >= 11 is 0. The molecule has 0 radical (unpaired) electrons. The highest BCUT2D eigenvalue weighted by Crippen LogP contribution is 2.74. The number of ketones is 1. The fourth-order valence-corrected chi connectivity index (χ4v) is 10.5. The summed E-state index contributed by atoms with van der Waals surface area (Å²) in [5, 5.41) is 0. The second-order valence-corrected chi connectivity index (χ2v) is 15.2. The number of hydrogen-bond donors (Lipinski definition) is 0. The molecule has 5 aliphatic carbocycles. The molecule has 0 aromatic heterocycles. The van der Waals surface area contributed by atoms with Crippen LogP contribution in [0.3, 0.4) is 0 Å². The zero-order valence-corrected chi connectivity index (χ0v) is 24.3. The van der Waals surface area contributed by atoms with E-state index in [0.717, 1.165) is 64.2 Å². The van der Waals surface area contributed by atoms with Crippen LogP contribution in [0.1, 0.15) is 126 Å². The van der Waals surface area contributed by atoms with Crippen molar-refractivity contribution in [3.8, 4) is 0 Å². The van der Waals surface area contributed by atoms with Gasteiger partial charge in [-0.05, 0) is 104 Å². The Morgan fingerprint density at radius 1 is 1.03 bits per heavy atom. The molecule has 0 bridgehead atoms. The monoisotopic (exact) mass is 496 g/mol. The molecule has 202 valence electrons. The van der Waals surface area contributed by atoms with Crippen molar-refractivity contribution in [3.05, 3.63) is 11.6 Å². The SMILES string of the molecule is CCCCOC(=O)[C@]12CCC(C)(C)C[C@H]1C1=CCC3[C@@]4(C)CCC(=O)[C@@H](C)[C@@H]4CC[C@@]3(C)[C@]1(C)CC2. The standard InChI is InChI=1S/C33H52O3/c1-8-9-20-36-28(35)33-18-16-29(3,4)21-25(33)24-10-11-27-30(5)14-13-26(34)22(2)23(30)12-15-32(27,7)31(24,6)17-19-33/h10,22-23,25,27H,8-9,11-21H2,1-7H3/t22-,23-,25-,27?,30-,31+,32+,33-/m0/s1. The van der Waals surface area contributed by atoms with Gasteiger partial charge in [-0.15, -0.1) is 0 Å². The first-order valence-corrected chi connectivity index (χ1v) is 15.3. The van der Waals surface area contributed by atoms with Gasteiger partial charge in [0.2, 0.25) is 0 Å². The van der Waals surface area contributed by atoms with Gasteiger partial charge in [-0.1, -0.05) is 66.5 Å². The van der Waals surface area contributed by atoms with Gasteiger partial charge in [-0.2, -0.15) is 0 Å². The minimum atomic E-state index is -0.329. The van der Waals surface area contributed by atoms with Crippen molar-refractivity contribution in [2.45, 2.75) is 126 Å². The molecule has 0 heterocycles. The van der Waals surface area contributed by atoms with E-state index in [1.807, 2.05) is 0 Å². The number of ether oxygens (including phenoxy) is 1. The van der Waals surface area contributed by atoms with E-state index in [-0.39, 0.29) is 39.0 Å². The lowest BCUT2D eigenvalue weighted by molar-refractivity contribution is -0.184. The van der Waals surface area contributed by atoms with Crippen molar-refractivity contribution in [2.75, 3.05) is 6.61 Å². The van der Waals surface area contributed by atoms with Gasteiger partial charge >= 0.3 is 5.97 Å². The average Bonchev–Trinajstić information content (AvgIpc) is 2.82. The molecule has 0 saturated heterocycles. The third-order valence-corrected chi connectivity index (χ3v) is 13.1. The molecule has 4 fully saturated rings. The molecular weight excluding hydrogens is 444 g/mol. The normalized spacial score (nSPS) is 47.5. The highest BCUT2D eigenvalue weighted by molar-refractivity contribution is 5.82. The molecule has 0 aliphatic heterocycles. The van der Waals surface area contributed by atoms with Gasteiger partial charge in [0.15, 0.2) is 0 Å². The Hall–Kier alpha value is -1.12. The first-order valence-electron chi connectivity index (χ1n) is 15.3. The molecule has 36 heavy (non-hydrogen) atoms. The summed E-state index contributed by atoms with van der Waals surface area (Å²) in [6.45, 7) is 17.5. The lowest BCUT2D eigenvalue weighted by Gasteiger charge is -2.69. The molecule has 3 nitrogen and oxygen atoms in total. The Morgan fingerprint density at radius 2 is 1.75 bits per heavy atom. The summed E-state index contributed by atoms with van der Waals surface area (Å²) in [5.74, 6) is 2.26. The summed E-state index contributed by atoms with van der Waals surface area (Å²) in [5.41, 5.74) is 2.13. The van der Waals surface area contributed by atoms with E-state index in [2.05, 4.69) is 54.5 Å². The van der Waals surface area contributed by atoms with Gasteiger partial charge in [-0.3, -0.25) is 9.59 Å². The summed E-state index contributed by atoms with van der Waals surface area (Å²) in [4.78, 5) is 26.5. The minimum absolute atomic E-state index is 0.0990. The van der Waals surface area contributed by atoms with Crippen molar-refractivity contribution in [1.29, 1.82) is 0 Å².